The van der Waals surface area contributed by atoms with Crippen LogP contribution < -0.4 is 4.90 Å². The van der Waals surface area contributed by atoms with Crippen LogP contribution in [-0.2, 0) is 4.79 Å². The maximum atomic E-state index is 11.9. The molecule has 0 aliphatic carbocycles. The Morgan fingerprint density at radius 2 is 2.21 bits per heavy atom. The van der Waals surface area contributed by atoms with Gasteiger partial charge in [0, 0.05) is 31.1 Å². The van der Waals surface area contributed by atoms with E-state index >= 15 is 0 Å². The summed E-state index contributed by atoms with van der Waals surface area (Å²) in [6.07, 6.45) is 5.99. The van der Waals surface area contributed by atoms with Gasteiger partial charge in [0.2, 0.25) is 0 Å². The molecular weight excluding hydrogens is 262 g/mol. The second-order valence-corrected chi connectivity index (χ2v) is 6.14. The van der Waals surface area contributed by atoms with Crippen molar-refractivity contribution in [3.63, 3.8) is 0 Å². The Hall–Kier alpha value is -1.55. The molecule has 0 radical (unpaired) electrons. The third-order valence-electron chi connectivity index (χ3n) is 3.76. The van der Waals surface area contributed by atoms with E-state index in [1.165, 1.54) is 0 Å². The van der Waals surface area contributed by atoms with Gasteiger partial charge in [0.05, 0.1) is 28.8 Å². The number of pyridine rings is 1. The van der Waals surface area contributed by atoms with Gasteiger partial charge in [0.15, 0.2) is 0 Å². The summed E-state index contributed by atoms with van der Waals surface area (Å²) in [4.78, 5) is 18.3. The van der Waals surface area contributed by atoms with Crippen LogP contribution in [-0.4, -0.2) is 28.3 Å². The summed E-state index contributed by atoms with van der Waals surface area (Å²) in [7, 11) is 0. The Balaban J connectivity index is 2.05. The number of carbonyl (C=O) groups excluding carboxylic acids is 1. The lowest BCUT2D eigenvalue weighted by molar-refractivity contribution is -0.127. The number of hydrogen-bond acceptors (Lipinski definition) is 3. The molecule has 1 saturated heterocycles. The third kappa shape index (κ3) is 2.10. The molecule has 0 amide bonds. The van der Waals surface area contributed by atoms with E-state index in [1.807, 2.05) is 36.7 Å². The average molecular weight is 278 g/mol. The van der Waals surface area contributed by atoms with Crippen LogP contribution in [0.3, 0.4) is 0 Å². The number of carbonyl (C=O) groups is 1. The number of Topliss-reactive ketones (excluding diaryl/α,β-unsaturated/α-hetero) is 1. The predicted molar refractivity (Wildman–Crippen MR) is 75.8 cm³/mol. The maximum Gasteiger partial charge on any atom is 0.142 e. The molecule has 5 heteroatoms. The lowest BCUT2D eigenvalue weighted by Gasteiger charge is -2.38. The Kier molecular flexibility index (Phi) is 2.78. The fraction of sp³-hybridized carbons (Fsp3) is 0.429. The zero-order valence-electron chi connectivity index (χ0n) is 11.1. The Morgan fingerprint density at radius 1 is 1.42 bits per heavy atom. The van der Waals surface area contributed by atoms with Crippen LogP contribution in [0.5, 0.6) is 0 Å². The molecule has 2 aromatic heterocycles. The van der Waals surface area contributed by atoms with Crippen molar-refractivity contribution in [2.45, 2.75) is 20.3 Å². The van der Waals surface area contributed by atoms with Crippen molar-refractivity contribution in [3.05, 3.63) is 29.8 Å². The van der Waals surface area contributed by atoms with Crippen molar-refractivity contribution in [1.29, 1.82) is 0 Å². The van der Waals surface area contributed by atoms with E-state index in [4.69, 9.17) is 11.6 Å². The highest BCUT2D eigenvalue weighted by Gasteiger charge is 2.34. The van der Waals surface area contributed by atoms with Gasteiger partial charge in [0.1, 0.15) is 5.78 Å². The minimum atomic E-state index is -0.308. The van der Waals surface area contributed by atoms with Crippen molar-refractivity contribution in [3.8, 4) is 0 Å². The van der Waals surface area contributed by atoms with Gasteiger partial charge in [-0.1, -0.05) is 25.4 Å². The Bertz CT molecular complexity index is 647. The zero-order valence-corrected chi connectivity index (χ0v) is 11.8. The fourth-order valence-corrected chi connectivity index (χ4v) is 2.87. The van der Waals surface area contributed by atoms with Gasteiger partial charge < -0.3 is 9.30 Å². The molecule has 3 rings (SSSR count). The van der Waals surface area contributed by atoms with E-state index in [9.17, 15) is 4.79 Å². The van der Waals surface area contributed by atoms with Crippen LogP contribution in [0.2, 0.25) is 5.02 Å². The van der Waals surface area contributed by atoms with E-state index < -0.39 is 0 Å². The number of halogens is 1. The van der Waals surface area contributed by atoms with Crippen LogP contribution in [0.4, 0.5) is 5.69 Å². The molecule has 0 spiro atoms. The monoisotopic (exact) mass is 277 g/mol. The standard InChI is InChI=1S/C14H16ClN3O/c1-14(2)8-17(4-3-13(14)19)11-5-10(15)7-18-9-16-6-12(11)18/h5-7,9H,3-4,8H2,1-2H3. The van der Waals surface area contributed by atoms with Crippen LogP contribution in [0.25, 0.3) is 5.52 Å². The maximum absolute atomic E-state index is 11.9. The lowest BCUT2D eigenvalue weighted by atomic mass is 9.82. The van der Waals surface area contributed by atoms with Crippen molar-refractivity contribution >= 4 is 28.6 Å². The van der Waals surface area contributed by atoms with Gasteiger partial charge in [-0.05, 0) is 6.07 Å². The summed E-state index contributed by atoms with van der Waals surface area (Å²) in [6.45, 7) is 5.45. The molecule has 1 fully saturated rings. The molecule has 0 aromatic carbocycles. The highest BCUT2D eigenvalue weighted by atomic mass is 35.5. The van der Waals surface area contributed by atoms with E-state index in [2.05, 4.69) is 9.88 Å². The van der Waals surface area contributed by atoms with E-state index in [1.54, 1.807) is 6.33 Å². The highest BCUT2D eigenvalue weighted by molar-refractivity contribution is 6.30. The van der Waals surface area contributed by atoms with Crippen molar-refractivity contribution < 1.29 is 4.79 Å². The Morgan fingerprint density at radius 3 is 2.95 bits per heavy atom. The molecule has 0 N–H and O–H groups in total. The summed E-state index contributed by atoms with van der Waals surface area (Å²) < 4.78 is 1.92. The highest BCUT2D eigenvalue weighted by Crippen LogP contribution is 2.32. The number of fused-ring (bicyclic) bond motifs is 1. The SMILES string of the molecule is CC1(C)CN(c2cc(Cl)cn3cncc23)CCC1=O. The van der Waals surface area contributed by atoms with Crippen molar-refractivity contribution in [2.75, 3.05) is 18.0 Å². The second kappa shape index (κ2) is 4.23. The number of aromatic nitrogens is 2. The first-order chi connectivity index (χ1) is 8.97. The van der Waals surface area contributed by atoms with Gasteiger partial charge in [-0.3, -0.25) is 4.79 Å². The summed E-state index contributed by atoms with van der Waals surface area (Å²) in [5.41, 5.74) is 1.76. The summed E-state index contributed by atoms with van der Waals surface area (Å²) in [5, 5.41) is 0.676. The molecule has 1 aliphatic heterocycles. The number of anilines is 1. The van der Waals surface area contributed by atoms with Gasteiger partial charge in [-0.25, -0.2) is 4.98 Å². The summed E-state index contributed by atoms with van der Waals surface area (Å²) >= 11 is 6.16. The van der Waals surface area contributed by atoms with E-state index in [-0.39, 0.29) is 5.41 Å². The number of piperidine rings is 1. The molecule has 2 aromatic rings. The molecule has 19 heavy (non-hydrogen) atoms. The molecule has 1 aliphatic rings. The number of imidazole rings is 1. The van der Waals surface area contributed by atoms with Gasteiger partial charge in [0.25, 0.3) is 0 Å². The Labute approximate surface area is 117 Å². The van der Waals surface area contributed by atoms with Crippen molar-refractivity contribution in [2.24, 2.45) is 5.41 Å². The normalized spacial score (nSPS) is 19.1. The molecule has 0 unspecified atom stereocenters. The van der Waals surface area contributed by atoms with Gasteiger partial charge in [-0.2, -0.15) is 0 Å². The first kappa shape index (κ1) is 12.5. The van der Waals surface area contributed by atoms with Gasteiger partial charge in [-0.15, -0.1) is 0 Å². The molecule has 3 heterocycles. The topological polar surface area (TPSA) is 37.6 Å². The fourth-order valence-electron chi connectivity index (χ4n) is 2.66. The number of ketones is 1. The number of rotatable bonds is 1. The zero-order chi connectivity index (χ0) is 13.6. The van der Waals surface area contributed by atoms with Crippen LogP contribution in [0.1, 0.15) is 20.3 Å². The molecule has 100 valence electrons. The minimum Gasteiger partial charge on any atom is -0.368 e. The van der Waals surface area contributed by atoms with Gasteiger partial charge >= 0.3 is 0 Å². The van der Waals surface area contributed by atoms with E-state index in [0.717, 1.165) is 17.7 Å². The average Bonchev–Trinajstić information content (AvgIpc) is 2.79. The minimum absolute atomic E-state index is 0.308. The third-order valence-corrected chi connectivity index (χ3v) is 3.96. The second-order valence-electron chi connectivity index (χ2n) is 5.71. The lowest BCUT2D eigenvalue weighted by Crippen LogP contribution is -2.46. The van der Waals surface area contributed by atoms with Crippen molar-refractivity contribution in [1.82, 2.24) is 9.38 Å². The summed E-state index contributed by atoms with van der Waals surface area (Å²) in [5.74, 6) is 0.329. The van der Waals surface area contributed by atoms with Crippen LogP contribution >= 0.6 is 11.6 Å². The number of hydrogen-bond donors (Lipinski definition) is 0. The first-order valence-electron chi connectivity index (χ1n) is 6.37. The molecule has 0 saturated carbocycles. The van der Waals surface area contributed by atoms with E-state index in [0.29, 0.717) is 23.8 Å². The first-order valence-corrected chi connectivity index (χ1v) is 6.75. The predicted octanol–water partition coefficient (Wildman–Crippen LogP) is 2.79. The summed E-state index contributed by atoms with van der Waals surface area (Å²) in [6, 6.07) is 1.95. The number of nitrogens with zero attached hydrogens (tertiary/aromatic N) is 3. The smallest absolute Gasteiger partial charge is 0.142 e. The molecular formula is C14H16ClN3O. The quantitative estimate of drug-likeness (QED) is 0.804. The molecule has 0 bridgehead atoms. The largest absolute Gasteiger partial charge is 0.368 e. The molecule has 0 atom stereocenters. The molecule has 4 nitrogen and oxygen atoms in total. The van der Waals surface area contributed by atoms with Crippen LogP contribution in [0, 0.1) is 5.41 Å². The van der Waals surface area contributed by atoms with Crippen LogP contribution in [0.15, 0.2) is 24.8 Å².